The van der Waals surface area contributed by atoms with E-state index in [4.69, 9.17) is 5.26 Å². The quantitative estimate of drug-likeness (QED) is 0.114. The third kappa shape index (κ3) is 23.2. The zero-order valence-electron chi connectivity index (χ0n) is 17.8. The fourth-order valence-corrected chi connectivity index (χ4v) is 3.60. The van der Waals surface area contributed by atoms with Crippen LogP contribution in [-0.4, -0.2) is 6.21 Å². The van der Waals surface area contributed by atoms with E-state index in [9.17, 15) is 0 Å². The topological polar surface area (TPSA) is 36.1 Å². The lowest BCUT2D eigenvalue weighted by molar-refractivity contribution is 0.522. The Bertz CT molecular complexity index is 317. The lowest BCUT2D eigenvalue weighted by Crippen LogP contribution is -1.84. The molecule has 0 aromatic carbocycles. The molecule has 0 N–H and O–H groups in total. The highest BCUT2D eigenvalue weighted by Gasteiger charge is 1.95. The van der Waals surface area contributed by atoms with Gasteiger partial charge in [-0.1, -0.05) is 129 Å². The van der Waals surface area contributed by atoms with Crippen LogP contribution in [0.2, 0.25) is 0 Å². The first kappa shape index (κ1) is 25.2. The highest BCUT2D eigenvalue weighted by Crippen LogP contribution is 2.14. The van der Waals surface area contributed by atoms with E-state index in [0.717, 1.165) is 6.42 Å². The number of aliphatic imine (C=N–C) groups is 1. The second-order valence-corrected chi connectivity index (χ2v) is 7.92. The van der Waals surface area contributed by atoms with Crippen LogP contribution in [0.1, 0.15) is 142 Å². The standard InChI is InChI=1S/C24H46N2/c1-2-3-4-5-6-7-8-9-10-11-12-13-14-15-16-17-18-19-20-21-22-23-26-24-25/h23H,2-22H2,1H3. The van der Waals surface area contributed by atoms with Crippen LogP contribution < -0.4 is 0 Å². The van der Waals surface area contributed by atoms with Crippen LogP contribution in [0.25, 0.3) is 0 Å². The van der Waals surface area contributed by atoms with Gasteiger partial charge in [0, 0.05) is 6.21 Å². The minimum atomic E-state index is 0.965. The first-order chi connectivity index (χ1) is 12.9. The summed E-state index contributed by atoms with van der Waals surface area (Å²) < 4.78 is 0. The van der Waals surface area contributed by atoms with Crippen LogP contribution in [0.15, 0.2) is 4.99 Å². The minimum absolute atomic E-state index is 0.965. The van der Waals surface area contributed by atoms with Gasteiger partial charge < -0.3 is 0 Å². The van der Waals surface area contributed by atoms with Gasteiger partial charge in [0.05, 0.1) is 0 Å². The first-order valence-electron chi connectivity index (χ1n) is 11.8. The van der Waals surface area contributed by atoms with Crippen molar-refractivity contribution in [2.24, 2.45) is 4.99 Å². The molecule has 26 heavy (non-hydrogen) atoms. The Kier molecular flexibility index (Phi) is 23.4. The van der Waals surface area contributed by atoms with Crippen molar-refractivity contribution in [3.63, 3.8) is 0 Å². The zero-order chi connectivity index (χ0) is 19.0. The van der Waals surface area contributed by atoms with Crippen molar-refractivity contribution in [2.45, 2.75) is 142 Å². The first-order valence-corrected chi connectivity index (χ1v) is 11.8. The average molecular weight is 363 g/mol. The summed E-state index contributed by atoms with van der Waals surface area (Å²) in [6.45, 7) is 2.29. The molecule has 0 heterocycles. The van der Waals surface area contributed by atoms with Gasteiger partial charge in [0.2, 0.25) is 6.19 Å². The number of hydrogen-bond donors (Lipinski definition) is 0. The van der Waals surface area contributed by atoms with Gasteiger partial charge in [-0.15, -0.1) is 0 Å². The molecular weight excluding hydrogens is 316 g/mol. The smallest absolute Gasteiger partial charge is 0.186 e. The fourth-order valence-electron chi connectivity index (χ4n) is 3.60. The molecule has 0 aromatic heterocycles. The van der Waals surface area contributed by atoms with E-state index >= 15 is 0 Å². The van der Waals surface area contributed by atoms with Crippen LogP contribution in [-0.2, 0) is 0 Å². The Balaban J connectivity index is 2.99. The Morgan fingerprint density at radius 2 is 0.846 bits per heavy atom. The third-order valence-electron chi connectivity index (χ3n) is 5.34. The minimum Gasteiger partial charge on any atom is -0.186 e. The fraction of sp³-hybridized carbons (Fsp3) is 0.917. The summed E-state index contributed by atoms with van der Waals surface area (Å²) in [5, 5.41) is 8.28. The van der Waals surface area contributed by atoms with Crippen molar-refractivity contribution in [3.05, 3.63) is 0 Å². The SMILES string of the molecule is CCCCCCCCCCCCCCCCCCCCCCC=NC#N. The summed E-state index contributed by atoms with van der Waals surface area (Å²) >= 11 is 0. The summed E-state index contributed by atoms with van der Waals surface area (Å²) in [7, 11) is 0. The molecule has 152 valence electrons. The van der Waals surface area contributed by atoms with E-state index in [0.29, 0.717) is 0 Å². The predicted octanol–water partition coefficient (Wildman–Crippen LogP) is 8.75. The lowest BCUT2D eigenvalue weighted by atomic mass is 10.0. The molecule has 0 saturated carbocycles. The molecule has 0 unspecified atom stereocenters. The van der Waals surface area contributed by atoms with E-state index in [-0.39, 0.29) is 0 Å². The zero-order valence-corrected chi connectivity index (χ0v) is 17.8. The molecule has 0 radical (unpaired) electrons. The van der Waals surface area contributed by atoms with E-state index in [1.807, 2.05) is 0 Å². The highest BCUT2D eigenvalue weighted by molar-refractivity contribution is 5.58. The molecule has 0 saturated heterocycles. The van der Waals surface area contributed by atoms with Gasteiger partial charge in [-0.2, -0.15) is 10.3 Å². The van der Waals surface area contributed by atoms with Crippen LogP contribution >= 0.6 is 0 Å². The largest absolute Gasteiger partial charge is 0.205 e. The number of hydrogen-bond acceptors (Lipinski definition) is 2. The Morgan fingerprint density at radius 1 is 0.538 bits per heavy atom. The van der Waals surface area contributed by atoms with E-state index in [1.165, 1.54) is 128 Å². The Hall–Kier alpha value is -0.840. The Labute approximate surface area is 164 Å². The molecule has 0 bridgehead atoms. The maximum absolute atomic E-state index is 8.28. The van der Waals surface area contributed by atoms with Gasteiger partial charge in [-0.05, 0) is 12.8 Å². The molecule has 2 nitrogen and oxygen atoms in total. The van der Waals surface area contributed by atoms with Gasteiger partial charge in [-0.3, -0.25) is 0 Å². The Morgan fingerprint density at radius 3 is 1.15 bits per heavy atom. The number of nitriles is 1. The number of rotatable bonds is 21. The summed E-state index contributed by atoms with van der Waals surface area (Å²) in [6.07, 6.45) is 32.9. The predicted molar refractivity (Wildman–Crippen MR) is 117 cm³/mol. The molecule has 0 aliphatic carbocycles. The number of nitrogens with zero attached hydrogens (tertiary/aromatic N) is 2. The highest BCUT2D eigenvalue weighted by atomic mass is 14.7. The molecule has 2 heteroatoms. The normalized spacial score (nSPS) is 11.2. The van der Waals surface area contributed by atoms with Crippen molar-refractivity contribution >= 4 is 6.21 Å². The summed E-state index contributed by atoms with van der Waals surface area (Å²) in [5.41, 5.74) is 0. The second-order valence-electron chi connectivity index (χ2n) is 7.92. The molecule has 0 amide bonds. The van der Waals surface area contributed by atoms with E-state index in [2.05, 4.69) is 11.9 Å². The van der Waals surface area contributed by atoms with Gasteiger partial charge >= 0.3 is 0 Å². The van der Waals surface area contributed by atoms with Crippen LogP contribution in [0.3, 0.4) is 0 Å². The number of unbranched alkanes of at least 4 members (excludes halogenated alkanes) is 20. The van der Waals surface area contributed by atoms with Crippen LogP contribution in [0, 0.1) is 11.5 Å². The molecule has 0 fully saturated rings. The van der Waals surface area contributed by atoms with Crippen molar-refractivity contribution in [3.8, 4) is 6.19 Å². The van der Waals surface area contributed by atoms with Crippen molar-refractivity contribution in [2.75, 3.05) is 0 Å². The van der Waals surface area contributed by atoms with Crippen LogP contribution in [0.5, 0.6) is 0 Å². The molecular formula is C24H46N2. The molecule has 0 aromatic rings. The molecule has 0 atom stereocenters. The summed E-state index contributed by atoms with van der Waals surface area (Å²) in [4.78, 5) is 3.57. The molecule has 0 aliphatic heterocycles. The van der Waals surface area contributed by atoms with Gasteiger partial charge in [0.1, 0.15) is 0 Å². The van der Waals surface area contributed by atoms with Crippen molar-refractivity contribution in [1.82, 2.24) is 0 Å². The van der Waals surface area contributed by atoms with Gasteiger partial charge in [-0.25, -0.2) is 0 Å². The molecule has 0 spiro atoms. The van der Waals surface area contributed by atoms with Gasteiger partial charge in [0.25, 0.3) is 0 Å². The van der Waals surface area contributed by atoms with E-state index < -0.39 is 0 Å². The van der Waals surface area contributed by atoms with Gasteiger partial charge in [0.15, 0.2) is 0 Å². The monoisotopic (exact) mass is 362 g/mol. The molecule has 0 aliphatic rings. The van der Waals surface area contributed by atoms with Crippen molar-refractivity contribution < 1.29 is 0 Å². The van der Waals surface area contributed by atoms with E-state index in [1.54, 1.807) is 12.4 Å². The van der Waals surface area contributed by atoms with Crippen molar-refractivity contribution in [1.29, 1.82) is 5.26 Å². The average Bonchev–Trinajstić information content (AvgIpc) is 2.66. The summed E-state index contributed by atoms with van der Waals surface area (Å²) in [6, 6.07) is 0. The molecule has 0 rings (SSSR count). The van der Waals surface area contributed by atoms with Crippen LogP contribution in [0.4, 0.5) is 0 Å². The maximum Gasteiger partial charge on any atom is 0.205 e. The maximum atomic E-state index is 8.28. The second kappa shape index (κ2) is 24.2. The third-order valence-corrected chi connectivity index (χ3v) is 5.34. The lowest BCUT2D eigenvalue weighted by Gasteiger charge is -2.04. The summed E-state index contributed by atoms with van der Waals surface area (Å²) in [5.74, 6) is 0.